The van der Waals surface area contributed by atoms with E-state index in [2.05, 4.69) is 30.2 Å². The molecule has 5 aromatic rings. The van der Waals surface area contributed by atoms with Crippen LogP contribution >= 0.6 is 21.6 Å². The highest BCUT2D eigenvalue weighted by Gasteiger charge is 2.51. The van der Waals surface area contributed by atoms with Gasteiger partial charge in [0.2, 0.25) is 0 Å². The number of rotatable bonds is 9. The Balaban J connectivity index is 0.945. The number of aromatic nitrogens is 6. The van der Waals surface area contributed by atoms with Crippen LogP contribution in [0.1, 0.15) is 18.0 Å². The molecule has 0 radical (unpaired) electrons. The molecular formula is C32H34N10O6S2. The molecule has 9 atom stereocenters. The first-order chi connectivity index (χ1) is 24.3. The first kappa shape index (κ1) is 32.9. The van der Waals surface area contributed by atoms with E-state index in [1.807, 2.05) is 60.7 Å². The van der Waals surface area contributed by atoms with E-state index in [4.69, 9.17) is 20.9 Å². The van der Waals surface area contributed by atoms with Crippen molar-refractivity contribution < 1.29 is 29.9 Å². The number of ether oxygens (including phenoxy) is 2. The molecule has 0 spiro atoms. The summed E-state index contributed by atoms with van der Waals surface area (Å²) >= 11 is 0. The van der Waals surface area contributed by atoms with Gasteiger partial charge >= 0.3 is 0 Å². The Hall–Kier alpha value is -4.27. The van der Waals surface area contributed by atoms with Crippen molar-refractivity contribution in [2.75, 3.05) is 33.2 Å². The predicted octanol–water partition coefficient (Wildman–Crippen LogP) is 1.53. The predicted molar refractivity (Wildman–Crippen MR) is 188 cm³/mol. The fourth-order valence-corrected chi connectivity index (χ4v) is 8.96. The number of nitrogens with two attached hydrogens (primary N) is 2. The lowest BCUT2D eigenvalue weighted by Gasteiger charge is -2.33. The molecule has 9 N–H and O–H groups in total. The molecule has 6 heterocycles. The normalized spacial score (nSPS) is 29.0. The van der Waals surface area contributed by atoms with E-state index in [-0.39, 0.29) is 11.6 Å². The van der Waals surface area contributed by atoms with Crippen LogP contribution in [0.5, 0.6) is 0 Å². The van der Waals surface area contributed by atoms with E-state index in [9.17, 15) is 20.4 Å². The maximum absolute atomic E-state index is 11.2. The maximum Gasteiger partial charge on any atom is 0.168 e. The third-order valence-electron chi connectivity index (χ3n) is 9.06. The van der Waals surface area contributed by atoms with Crippen LogP contribution in [0.3, 0.4) is 0 Å². The smallest absolute Gasteiger partial charge is 0.168 e. The summed E-state index contributed by atoms with van der Waals surface area (Å²) in [6.07, 6.45) is -6.16. The summed E-state index contributed by atoms with van der Waals surface area (Å²) in [5, 5.41) is 47.9. The first-order valence-electron chi connectivity index (χ1n) is 15.8. The van der Waals surface area contributed by atoms with Crippen LogP contribution < -0.4 is 21.7 Å². The summed E-state index contributed by atoms with van der Waals surface area (Å²) in [7, 11) is 2.78. The van der Waals surface area contributed by atoms with Crippen molar-refractivity contribution in [2.24, 2.45) is 0 Å². The molecule has 260 valence electrons. The number of benzene rings is 2. The van der Waals surface area contributed by atoms with Crippen molar-refractivity contribution in [2.45, 2.75) is 55.2 Å². The van der Waals surface area contributed by atoms with Crippen molar-refractivity contribution in [1.82, 2.24) is 29.5 Å². The molecule has 8 rings (SSSR count). The molecule has 0 aliphatic carbocycles. The fraction of sp³-hybridized carbons (Fsp3) is 0.344. The summed E-state index contributed by atoms with van der Waals surface area (Å²) in [5.41, 5.74) is 15.2. The van der Waals surface area contributed by atoms with Gasteiger partial charge in [0.15, 0.2) is 41.1 Å². The summed E-state index contributed by atoms with van der Waals surface area (Å²) in [4.78, 5) is 23.4. The number of hydrogen-bond acceptors (Lipinski definition) is 17. The molecule has 2 fully saturated rings. The minimum atomic E-state index is -1.29. The summed E-state index contributed by atoms with van der Waals surface area (Å²) in [5.74, 6) is 1.98. The summed E-state index contributed by atoms with van der Waals surface area (Å²) < 4.78 is 14.2. The maximum atomic E-state index is 11.2. The average molecular weight is 719 g/mol. The molecular weight excluding hydrogens is 685 g/mol. The van der Waals surface area contributed by atoms with E-state index in [0.717, 1.165) is 11.1 Å². The first-order valence-corrected chi connectivity index (χ1v) is 18.3. The van der Waals surface area contributed by atoms with Crippen molar-refractivity contribution in [3.8, 4) is 11.4 Å². The average Bonchev–Trinajstić information content (AvgIpc) is 3.87. The highest BCUT2D eigenvalue weighted by atomic mass is 33.1. The Morgan fingerprint density at radius 2 is 1.32 bits per heavy atom. The number of nitrogens with zero attached hydrogens (tertiary/aromatic N) is 7. The SMILES string of the molecule is Nc1ncnc2c1NC(c1ccccc1)N2[C@@H]1O[C@H](CSSC[C@H]2O[C@@H](n3c(-c4ccccc4)nc4c(N)ncnc43)C(O)[C@H]2O)[C@H](O)C1O. The van der Waals surface area contributed by atoms with Crippen LogP contribution in [0.15, 0.2) is 73.3 Å². The number of aliphatic hydroxyl groups excluding tert-OH is 4. The number of hydrogen-bond donors (Lipinski definition) is 7. The molecule has 2 aromatic carbocycles. The van der Waals surface area contributed by atoms with Crippen molar-refractivity contribution >= 4 is 55.9 Å². The Bertz CT molecular complexity index is 1980. The van der Waals surface area contributed by atoms with E-state index < -0.39 is 55.2 Å². The third-order valence-corrected chi connectivity index (χ3v) is 11.5. The highest BCUT2D eigenvalue weighted by molar-refractivity contribution is 8.76. The lowest BCUT2D eigenvalue weighted by molar-refractivity contribution is -0.0278. The van der Waals surface area contributed by atoms with Crippen LogP contribution in [-0.2, 0) is 9.47 Å². The minimum absolute atomic E-state index is 0.185. The van der Waals surface area contributed by atoms with Gasteiger partial charge in [0.05, 0.1) is 12.2 Å². The van der Waals surface area contributed by atoms with E-state index in [1.165, 1.54) is 34.2 Å². The van der Waals surface area contributed by atoms with Crippen LogP contribution in [0.4, 0.5) is 23.1 Å². The van der Waals surface area contributed by atoms with Crippen molar-refractivity contribution in [3.05, 3.63) is 78.9 Å². The molecule has 0 amide bonds. The fourth-order valence-electron chi connectivity index (χ4n) is 6.56. The lowest BCUT2D eigenvalue weighted by Crippen LogP contribution is -2.46. The van der Waals surface area contributed by atoms with Gasteiger partial charge in [-0.2, -0.15) is 0 Å². The van der Waals surface area contributed by atoms with Gasteiger partial charge in [0, 0.05) is 17.1 Å². The largest absolute Gasteiger partial charge is 0.387 e. The second-order valence-corrected chi connectivity index (χ2v) is 14.6. The van der Waals surface area contributed by atoms with Gasteiger partial charge in [0.25, 0.3) is 0 Å². The molecule has 0 bridgehead atoms. The topological polar surface area (TPSA) is 236 Å². The Labute approximate surface area is 293 Å². The molecule has 2 saturated heterocycles. The van der Waals surface area contributed by atoms with Crippen molar-refractivity contribution in [3.63, 3.8) is 0 Å². The zero-order valence-corrected chi connectivity index (χ0v) is 27.9. The van der Waals surface area contributed by atoms with Gasteiger partial charge in [-0.05, 0) is 5.56 Å². The van der Waals surface area contributed by atoms with Gasteiger partial charge < -0.3 is 51.6 Å². The van der Waals surface area contributed by atoms with E-state index in [0.29, 0.717) is 40.0 Å². The van der Waals surface area contributed by atoms with Gasteiger partial charge in [-0.3, -0.25) is 4.57 Å². The van der Waals surface area contributed by atoms with Gasteiger partial charge in [0.1, 0.15) is 54.7 Å². The molecule has 3 unspecified atom stereocenters. The lowest BCUT2D eigenvalue weighted by atomic mass is 10.1. The Morgan fingerprint density at radius 3 is 2.02 bits per heavy atom. The number of aliphatic hydroxyl groups is 4. The highest BCUT2D eigenvalue weighted by Crippen LogP contribution is 2.46. The second kappa shape index (κ2) is 13.5. The molecule has 3 aliphatic rings. The third kappa shape index (κ3) is 5.66. The van der Waals surface area contributed by atoms with Gasteiger partial charge in [-0.1, -0.05) is 82.3 Å². The zero-order valence-electron chi connectivity index (χ0n) is 26.2. The number of fused-ring (bicyclic) bond motifs is 2. The van der Waals surface area contributed by atoms with Crippen LogP contribution in [0.25, 0.3) is 22.6 Å². The van der Waals surface area contributed by atoms with Crippen LogP contribution in [0, 0.1) is 0 Å². The van der Waals surface area contributed by atoms with Crippen LogP contribution in [0.2, 0.25) is 0 Å². The quantitative estimate of drug-likeness (QED) is 0.0845. The Kier molecular flexibility index (Phi) is 8.86. The monoisotopic (exact) mass is 718 g/mol. The second-order valence-electron chi connectivity index (χ2n) is 12.1. The number of nitrogens with one attached hydrogen (secondary N) is 1. The molecule has 50 heavy (non-hydrogen) atoms. The minimum Gasteiger partial charge on any atom is -0.387 e. The van der Waals surface area contributed by atoms with Crippen molar-refractivity contribution in [1.29, 1.82) is 0 Å². The number of anilines is 4. The molecule has 16 nitrogen and oxygen atoms in total. The molecule has 0 saturated carbocycles. The molecule has 3 aliphatic heterocycles. The van der Waals surface area contributed by atoms with E-state index >= 15 is 0 Å². The standard InChI is InChI=1S/C32H34N10O6S2/c33-25-19-29(37-13-35-25)41(27(39-19)15-7-3-1-4-8-15)31-23(45)21(43)17(47-31)11-49-50-12-18-22(44)24(46)32(48-18)42-28(16-9-5-2-6-10-16)40-20-26(34)36-14-38-30(20)42/h1-10,13-14,17-18,21-24,27,31-32,39,43-46H,11-12H2,(H2,33,35,37)(H2,34,36,38)/t17-,18-,21+,22+,23?,24?,27?,31-,32-/m1/s1. The number of imidazole rings is 1. The summed E-state index contributed by atoms with van der Waals surface area (Å²) in [6.45, 7) is 0. The molecule has 18 heteroatoms. The number of nitrogen functional groups attached to an aromatic ring is 2. The van der Waals surface area contributed by atoms with Gasteiger partial charge in [-0.25, -0.2) is 24.9 Å². The molecule has 3 aromatic heterocycles. The zero-order chi connectivity index (χ0) is 34.5. The van der Waals surface area contributed by atoms with E-state index in [1.54, 1.807) is 9.47 Å². The summed E-state index contributed by atoms with van der Waals surface area (Å²) in [6, 6.07) is 18.9. The van der Waals surface area contributed by atoms with Crippen LogP contribution in [-0.4, -0.2) is 104 Å². The van der Waals surface area contributed by atoms with Gasteiger partial charge in [-0.15, -0.1) is 0 Å². The Morgan fingerprint density at radius 1 is 0.720 bits per heavy atom.